The van der Waals surface area contributed by atoms with Gasteiger partial charge in [-0.25, -0.2) is 9.67 Å². The van der Waals surface area contributed by atoms with Crippen LogP contribution in [0.2, 0.25) is 0 Å². The van der Waals surface area contributed by atoms with Gasteiger partial charge in [-0.15, -0.1) is 0 Å². The maximum absolute atomic E-state index is 13.5. The van der Waals surface area contributed by atoms with E-state index in [4.69, 9.17) is 0 Å². The summed E-state index contributed by atoms with van der Waals surface area (Å²) in [4.78, 5) is 38.9. The van der Waals surface area contributed by atoms with Gasteiger partial charge in [0.15, 0.2) is 0 Å². The fourth-order valence-electron chi connectivity index (χ4n) is 5.04. The maximum atomic E-state index is 13.5. The molecule has 2 saturated heterocycles. The second-order valence-electron chi connectivity index (χ2n) is 8.66. The molecule has 34 heavy (non-hydrogen) atoms. The van der Waals surface area contributed by atoms with Crippen LogP contribution in [0.3, 0.4) is 0 Å². The smallest absolute Gasteiger partial charge is 0.272 e. The number of hydrogen-bond donors (Lipinski definition) is 0. The van der Waals surface area contributed by atoms with Gasteiger partial charge >= 0.3 is 0 Å². The van der Waals surface area contributed by atoms with Gasteiger partial charge in [-0.3, -0.25) is 14.6 Å². The molecule has 2 amide bonds. The molecule has 0 aliphatic carbocycles. The predicted octanol–water partition coefficient (Wildman–Crippen LogP) is 2.44. The SMILES string of the molecule is O=C(c1cc(-n2ccnc2)ccn1)N1C[C@@H]2CCN(C(=O)c3ccnn3-c3ccccc3)[C@@H]2C1. The lowest BCUT2D eigenvalue weighted by molar-refractivity contribution is 0.0680. The molecule has 9 heteroatoms. The van der Waals surface area contributed by atoms with Gasteiger partial charge in [0, 0.05) is 44.1 Å². The van der Waals surface area contributed by atoms with E-state index in [9.17, 15) is 9.59 Å². The van der Waals surface area contributed by atoms with Gasteiger partial charge in [-0.05, 0) is 36.8 Å². The summed E-state index contributed by atoms with van der Waals surface area (Å²) in [6.45, 7) is 1.82. The molecule has 3 aromatic heterocycles. The van der Waals surface area contributed by atoms with Gasteiger partial charge < -0.3 is 14.4 Å². The first kappa shape index (κ1) is 20.3. The van der Waals surface area contributed by atoms with E-state index in [0.717, 1.165) is 17.8 Å². The lowest BCUT2D eigenvalue weighted by atomic mass is 10.1. The van der Waals surface area contributed by atoms with E-state index in [-0.39, 0.29) is 23.8 Å². The second-order valence-corrected chi connectivity index (χ2v) is 8.66. The summed E-state index contributed by atoms with van der Waals surface area (Å²) in [7, 11) is 0. The molecule has 5 heterocycles. The van der Waals surface area contributed by atoms with Crippen LogP contribution >= 0.6 is 0 Å². The van der Waals surface area contributed by atoms with E-state index >= 15 is 0 Å². The molecular formula is C25H23N7O2. The van der Waals surface area contributed by atoms with Crippen LogP contribution < -0.4 is 0 Å². The number of carbonyl (C=O) groups is 2. The predicted molar refractivity (Wildman–Crippen MR) is 124 cm³/mol. The Balaban J connectivity index is 1.20. The standard InChI is InChI=1S/C25H23N7O2/c33-24(21-14-20(6-9-27-21)29-13-11-26-17-29)30-15-18-8-12-31(23(18)16-30)25(34)22-7-10-28-32(22)19-4-2-1-3-5-19/h1-7,9-11,13-14,17-18,23H,8,12,15-16H2/t18-,23+/m0/s1. The van der Waals surface area contributed by atoms with Crippen molar-refractivity contribution >= 4 is 11.8 Å². The summed E-state index contributed by atoms with van der Waals surface area (Å²) in [5.74, 6) is 0.0966. The summed E-state index contributed by atoms with van der Waals surface area (Å²) in [5.41, 5.74) is 2.61. The van der Waals surface area contributed by atoms with Crippen LogP contribution in [-0.4, -0.2) is 71.6 Å². The number of benzene rings is 1. The minimum Gasteiger partial charge on any atom is -0.335 e. The quantitative estimate of drug-likeness (QED) is 0.474. The van der Waals surface area contributed by atoms with Crippen LogP contribution in [-0.2, 0) is 0 Å². The first-order valence-corrected chi connectivity index (χ1v) is 11.3. The molecule has 1 aromatic carbocycles. The molecule has 6 rings (SSSR count). The molecule has 0 spiro atoms. The largest absolute Gasteiger partial charge is 0.335 e. The highest BCUT2D eigenvalue weighted by Gasteiger charge is 2.45. The number of likely N-dealkylation sites (tertiary alicyclic amines) is 2. The molecule has 0 saturated carbocycles. The number of carbonyl (C=O) groups excluding carboxylic acids is 2. The van der Waals surface area contributed by atoms with Crippen molar-refractivity contribution in [3.63, 3.8) is 0 Å². The zero-order chi connectivity index (χ0) is 23.1. The van der Waals surface area contributed by atoms with Crippen molar-refractivity contribution in [2.24, 2.45) is 5.92 Å². The van der Waals surface area contributed by atoms with E-state index in [1.54, 1.807) is 41.7 Å². The van der Waals surface area contributed by atoms with Gasteiger partial charge in [0.05, 0.1) is 29.9 Å². The van der Waals surface area contributed by atoms with Crippen molar-refractivity contribution in [3.05, 3.63) is 91.0 Å². The zero-order valence-corrected chi connectivity index (χ0v) is 18.4. The Morgan fingerprint density at radius 3 is 2.62 bits per heavy atom. The summed E-state index contributed by atoms with van der Waals surface area (Å²) >= 11 is 0. The van der Waals surface area contributed by atoms with Gasteiger partial charge in [0.25, 0.3) is 11.8 Å². The number of para-hydroxylation sites is 1. The van der Waals surface area contributed by atoms with Crippen molar-refractivity contribution in [3.8, 4) is 11.4 Å². The third-order valence-electron chi connectivity index (χ3n) is 6.72. The van der Waals surface area contributed by atoms with Crippen molar-refractivity contribution in [2.45, 2.75) is 12.5 Å². The second kappa shape index (κ2) is 8.26. The van der Waals surface area contributed by atoms with Crippen molar-refractivity contribution in [2.75, 3.05) is 19.6 Å². The highest BCUT2D eigenvalue weighted by Crippen LogP contribution is 2.33. The van der Waals surface area contributed by atoms with E-state index < -0.39 is 0 Å². The molecule has 0 unspecified atom stereocenters. The first-order chi connectivity index (χ1) is 16.7. The minimum atomic E-state index is -0.113. The Morgan fingerprint density at radius 1 is 0.912 bits per heavy atom. The van der Waals surface area contributed by atoms with Crippen molar-refractivity contribution in [1.29, 1.82) is 0 Å². The molecule has 0 bridgehead atoms. The van der Waals surface area contributed by atoms with E-state index in [1.165, 1.54) is 0 Å². The van der Waals surface area contributed by atoms with Crippen LogP contribution in [0.1, 0.15) is 27.4 Å². The minimum absolute atomic E-state index is 0.00703. The number of pyridine rings is 1. The Hall–Kier alpha value is -4.27. The number of fused-ring (bicyclic) bond motifs is 1. The average Bonchev–Trinajstić information content (AvgIpc) is 3.67. The lowest BCUT2D eigenvalue weighted by Gasteiger charge is -2.25. The molecule has 0 N–H and O–H groups in total. The first-order valence-electron chi connectivity index (χ1n) is 11.3. The Morgan fingerprint density at radius 2 is 1.79 bits per heavy atom. The number of amides is 2. The van der Waals surface area contributed by atoms with Gasteiger partial charge in [0.2, 0.25) is 0 Å². The summed E-state index contributed by atoms with van der Waals surface area (Å²) < 4.78 is 3.52. The molecule has 2 aliphatic rings. The monoisotopic (exact) mass is 453 g/mol. The van der Waals surface area contributed by atoms with E-state index in [1.807, 2.05) is 57.0 Å². The van der Waals surface area contributed by atoms with E-state index in [2.05, 4.69) is 15.1 Å². The third kappa shape index (κ3) is 3.45. The number of aromatic nitrogens is 5. The average molecular weight is 454 g/mol. The highest BCUT2D eigenvalue weighted by atomic mass is 16.2. The molecule has 0 radical (unpaired) electrons. The fraction of sp³-hybridized carbons (Fsp3) is 0.240. The Bertz CT molecular complexity index is 1330. The number of nitrogens with zero attached hydrogens (tertiary/aromatic N) is 7. The van der Waals surface area contributed by atoms with Crippen LogP contribution in [0.4, 0.5) is 0 Å². The van der Waals surface area contributed by atoms with Crippen molar-refractivity contribution < 1.29 is 9.59 Å². The van der Waals surface area contributed by atoms with Crippen molar-refractivity contribution in [1.82, 2.24) is 34.1 Å². The zero-order valence-electron chi connectivity index (χ0n) is 18.4. The summed E-state index contributed by atoms with van der Waals surface area (Å²) in [6, 6.07) is 15.0. The van der Waals surface area contributed by atoms with Crippen LogP contribution in [0.5, 0.6) is 0 Å². The number of imidazole rings is 1. The van der Waals surface area contributed by atoms with Crippen LogP contribution in [0.15, 0.2) is 79.6 Å². The Kier molecular flexibility index (Phi) is 4.94. The van der Waals surface area contributed by atoms with Gasteiger partial charge in [-0.2, -0.15) is 5.10 Å². The fourth-order valence-corrected chi connectivity index (χ4v) is 5.04. The molecule has 9 nitrogen and oxygen atoms in total. The molecule has 2 fully saturated rings. The molecule has 4 aromatic rings. The highest BCUT2D eigenvalue weighted by molar-refractivity contribution is 5.95. The van der Waals surface area contributed by atoms with E-state index in [0.29, 0.717) is 31.0 Å². The molecule has 170 valence electrons. The summed E-state index contributed by atoms with van der Waals surface area (Å²) in [6.07, 6.45) is 9.37. The number of rotatable bonds is 4. The molecular weight excluding hydrogens is 430 g/mol. The topological polar surface area (TPSA) is 89.2 Å². The normalized spacial score (nSPS) is 19.4. The lowest BCUT2D eigenvalue weighted by Crippen LogP contribution is -2.41. The molecule has 2 aliphatic heterocycles. The van der Waals surface area contributed by atoms with Crippen LogP contribution in [0.25, 0.3) is 11.4 Å². The van der Waals surface area contributed by atoms with Gasteiger partial charge in [0.1, 0.15) is 11.4 Å². The Labute approximate surface area is 196 Å². The maximum Gasteiger partial charge on any atom is 0.272 e. The van der Waals surface area contributed by atoms with Gasteiger partial charge in [-0.1, -0.05) is 18.2 Å². The molecule has 2 atom stereocenters. The third-order valence-corrected chi connectivity index (χ3v) is 6.72. The summed E-state index contributed by atoms with van der Waals surface area (Å²) in [5, 5.41) is 4.37. The van der Waals surface area contributed by atoms with Crippen LogP contribution in [0, 0.1) is 5.92 Å². The number of hydrogen-bond acceptors (Lipinski definition) is 5.